The summed E-state index contributed by atoms with van der Waals surface area (Å²) in [6, 6.07) is 13.1. The Hall–Kier alpha value is -5.92. The van der Waals surface area contributed by atoms with Gasteiger partial charge in [-0.2, -0.15) is 10.2 Å². The topological polar surface area (TPSA) is 179 Å². The molecule has 14 nitrogen and oxygen atoms in total. The normalized spacial score (nSPS) is 18.4. The van der Waals surface area contributed by atoms with Crippen LogP contribution in [0.1, 0.15) is 94.2 Å². The van der Waals surface area contributed by atoms with Gasteiger partial charge in [-0.25, -0.2) is 19.9 Å². The molecule has 0 saturated carbocycles. The van der Waals surface area contributed by atoms with E-state index in [0.717, 1.165) is 119 Å². The third-order valence-electron chi connectivity index (χ3n) is 11.9. The molecule has 0 bridgehead atoms. The number of aromatic amines is 2. The molecule has 2 aliphatic carbocycles. The van der Waals surface area contributed by atoms with Gasteiger partial charge in [0.2, 0.25) is 11.9 Å². The fraction of sp³-hybridized carbons (Fsp3) is 0.455. The highest BCUT2D eigenvalue weighted by Gasteiger charge is 2.31. The minimum absolute atomic E-state index is 0.0711. The summed E-state index contributed by atoms with van der Waals surface area (Å²) in [5.74, 6) is 0.529. The van der Waals surface area contributed by atoms with E-state index in [-0.39, 0.29) is 18.8 Å². The molecule has 10 rings (SSSR count). The quantitative estimate of drug-likeness (QED) is 0.139. The first-order chi connectivity index (χ1) is 27.9. The SMILES string of the molecule is C[C@H]1CCN1c1nc2c(c(-c3ccc4n[nH]c(CC(=O)O)c4c3)n1)CCC2.C[C@H]1CCN1c1nc2c(c(-c3ccc4n[nH]c(CC(=O)OC(C)(C)C)c4c3)n1)CCC2. The highest BCUT2D eigenvalue weighted by molar-refractivity contribution is 5.90. The second kappa shape index (κ2) is 14.8. The third kappa shape index (κ3) is 7.24. The van der Waals surface area contributed by atoms with Gasteiger partial charge in [0.05, 0.1) is 46.7 Å². The molecule has 2 aromatic carbocycles. The van der Waals surface area contributed by atoms with Gasteiger partial charge in [0.25, 0.3) is 0 Å². The number of fused-ring (bicyclic) bond motifs is 4. The van der Waals surface area contributed by atoms with Crippen LogP contribution in [0.2, 0.25) is 0 Å². The minimum Gasteiger partial charge on any atom is -0.481 e. The van der Waals surface area contributed by atoms with Crippen LogP contribution in [0.25, 0.3) is 44.3 Å². The van der Waals surface area contributed by atoms with Crippen LogP contribution in [0.3, 0.4) is 0 Å². The largest absolute Gasteiger partial charge is 0.481 e. The second-order valence-electron chi connectivity index (χ2n) is 17.2. The number of esters is 1. The van der Waals surface area contributed by atoms with Crippen molar-refractivity contribution >= 4 is 45.6 Å². The molecular formula is C44H50N10O4. The number of aliphatic carboxylic acids is 1. The number of carboxylic acids is 1. The van der Waals surface area contributed by atoms with E-state index >= 15 is 0 Å². The van der Waals surface area contributed by atoms with Gasteiger partial charge in [-0.3, -0.25) is 19.8 Å². The number of carboxylic acid groups (broad SMARTS) is 1. The summed E-state index contributed by atoms with van der Waals surface area (Å²) < 4.78 is 5.49. The van der Waals surface area contributed by atoms with Crippen LogP contribution < -0.4 is 9.80 Å². The summed E-state index contributed by atoms with van der Waals surface area (Å²) in [6.45, 7) is 12.1. The number of H-pyrrole nitrogens is 2. The van der Waals surface area contributed by atoms with Crippen molar-refractivity contribution < 1.29 is 19.4 Å². The molecule has 4 aromatic heterocycles. The monoisotopic (exact) mass is 782 g/mol. The Morgan fingerprint density at radius 2 is 1.21 bits per heavy atom. The molecule has 300 valence electrons. The van der Waals surface area contributed by atoms with Gasteiger partial charge < -0.3 is 19.6 Å². The van der Waals surface area contributed by atoms with Crippen LogP contribution in [-0.2, 0) is 52.9 Å². The van der Waals surface area contributed by atoms with Gasteiger partial charge in [-0.15, -0.1) is 0 Å². The van der Waals surface area contributed by atoms with E-state index in [0.29, 0.717) is 17.8 Å². The molecule has 2 saturated heterocycles. The lowest BCUT2D eigenvalue weighted by Crippen LogP contribution is -2.46. The summed E-state index contributed by atoms with van der Waals surface area (Å²) in [6.07, 6.45) is 8.69. The molecule has 2 aliphatic heterocycles. The van der Waals surface area contributed by atoms with E-state index in [1.807, 2.05) is 45.0 Å². The Bertz CT molecular complexity index is 2570. The smallest absolute Gasteiger partial charge is 0.312 e. The van der Waals surface area contributed by atoms with E-state index in [9.17, 15) is 9.59 Å². The Morgan fingerprint density at radius 3 is 1.62 bits per heavy atom. The molecule has 3 N–H and O–H groups in total. The Morgan fingerprint density at radius 1 is 0.724 bits per heavy atom. The van der Waals surface area contributed by atoms with Gasteiger partial charge in [0.15, 0.2) is 0 Å². The molecule has 0 spiro atoms. The number of aryl methyl sites for hydroxylation is 2. The van der Waals surface area contributed by atoms with Crippen LogP contribution in [0.5, 0.6) is 0 Å². The molecule has 14 heteroatoms. The van der Waals surface area contributed by atoms with Crippen molar-refractivity contribution in [2.75, 3.05) is 22.9 Å². The molecule has 0 unspecified atom stereocenters. The number of aromatic nitrogens is 8. The van der Waals surface area contributed by atoms with Crippen LogP contribution in [-0.4, -0.2) is 88.2 Å². The number of benzene rings is 2. The zero-order valence-electron chi connectivity index (χ0n) is 33.9. The van der Waals surface area contributed by atoms with E-state index < -0.39 is 11.6 Å². The number of carbonyl (C=O) groups is 2. The fourth-order valence-corrected chi connectivity index (χ4v) is 8.56. The number of ether oxygens (including phenoxy) is 1. The Labute approximate surface area is 336 Å². The number of anilines is 2. The minimum atomic E-state index is -0.872. The molecule has 6 heterocycles. The maximum atomic E-state index is 12.4. The standard InChI is InChI=1S/C24H29N5O2.C20H21N5O2/c1-14-10-11-29(14)23-25-18-7-5-6-16(18)22(26-23)15-8-9-19-17(12-15)20(28-27-19)13-21(30)31-24(2,3)4;1-11-7-8-25(11)20-21-15-4-2-3-13(15)19(22-20)12-5-6-16-14(9-12)17(24-23-16)10-18(26)27/h8-9,12,14H,5-7,10-11,13H2,1-4H3,(H,27,28);5-6,9,11H,2-4,7-8,10H2,1H3,(H,23,24)(H,26,27)/t14-;11-/m00/s1. The van der Waals surface area contributed by atoms with Crippen molar-refractivity contribution in [2.24, 2.45) is 0 Å². The lowest BCUT2D eigenvalue weighted by Gasteiger charge is -2.39. The first-order valence-electron chi connectivity index (χ1n) is 20.6. The van der Waals surface area contributed by atoms with Gasteiger partial charge in [0, 0.05) is 69.6 Å². The summed E-state index contributed by atoms with van der Waals surface area (Å²) in [4.78, 5) is 47.7. The lowest BCUT2D eigenvalue weighted by molar-refractivity contribution is -0.154. The van der Waals surface area contributed by atoms with Crippen molar-refractivity contribution in [3.63, 3.8) is 0 Å². The Kier molecular flexibility index (Phi) is 9.60. The van der Waals surface area contributed by atoms with Crippen molar-refractivity contribution in [3.05, 3.63) is 70.3 Å². The number of hydrogen-bond acceptors (Lipinski definition) is 11. The van der Waals surface area contributed by atoms with E-state index in [2.05, 4.69) is 56.2 Å². The molecule has 2 fully saturated rings. The second-order valence-corrected chi connectivity index (χ2v) is 17.2. The van der Waals surface area contributed by atoms with Crippen molar-refractivity contribution in [1.29, 1.82) is 0 Å². The molecule has 0 amide bonds. The highest BCUT2D eigenvalue weighted by Crippen LogP contribution is 2.37. The van der Waals surface area contributed by atoms with Gasteiger partial charge in [0.1, 0.15) is 5.60 Å². The summed E-state index contributed by atoms with van der Waals surface area (Å²) in [5, 5.41) is 25.4. The average Bonchev–Trinajstić information content (AvgIpc) is 3.99. The van der Waals surface area contributed by atoms with Crippen molar-refractivity contribution in [1.82, 2.24) is 40.3 Å². The van der Waals surface area contributed by atoms with E-state index in [1.165, 1.54) is 29.7 Å². The van der Waals surface area contributed by atoms with Crippen LogP contribution in [0.4, 0.5) is 11.9 Å². The fourth-order valence-electron chi connectivity index (χ4n) is 8.56. The highest BCUT2D eigenvalue weighted by atomic mass is 16.6. The number of nitrogens with one attached hydrogen (secondary N) is 2. The first kappa shape index (κ1) is 37.6. The average molecular weight is 783 g/mol. The third-order valence-corrected chi connectivity index (χ3v) is 11.9. The Balaban J connectivity index is 0.000000152. The van der Waals surface area contributed by atoms with Crippen LogP contribution in [0, 0.1) is 0 Å². The summed E-state index contributed by atoms with van der Waals surface area (Å²) in [5.41, 5.74) is 11.4. The van der Waals surface area contributed by atoms with Gasteiger partial charge in [-0.05, 0) is 110 Å². The molecule has 6 aromatic rings. The van der Waals surface area contributed by atoms with Gasteiger partial charge in [-0.1, -0.05) is 12.1 Å². The predicted octanol–water partition coefficient (Wildman–Crippen LogP) is 6.73. The molecule has 0 radical (unpaired) electrons. The van der Waals surface area contributed by atoms with Gasteiger partial charge >= 0.3 is 11.9 Å². The predicted molar refractivity (Wildman–Crippen MR) is 222 cm³/mol. The summed E-state index contributed by atoms with van der Waals surface area (Å²) in [7, 11) is 0. The molecule has 4 aliphatic rings. The van der Waals surface area contributed by atoms with Crippen molar-refractivity contribution in [2.45, 2.75) is 117 Å². The number of carbonyl (C=O) groups excluding carboxylic acids is 1. The number of rotatable bonds is 8. The maximum absolute atomic E-state index is 12.4. The zero-order valence-corrected chi connectivity index (χ0v) is 33.9. The van der Waals surface area contributed by atoms with Crippen molar-refractivity contribution in [3.8, 4) is 22.5 Å². The zero-order chi connectivity index (χ0) is 40.3. The number of nitrogens with zero attached hydrogens (tertiary/aromatic N) is 8. The van der Waals surface area contributed by atoms with Crippen LogP contribution >= 0.6 is 0 Å². The lowest BCUT2D eigenvalue weighted by atomic mass is 10.0. The number of hydrogen-bond donors (Lipinski definition) is 3. The summed E-state index contributed by atoms with van der Waals surface area (Å²) >= 11 is 0. The first-order valence-corrected chi connectivity index (χ1v) is 20.6. The maximum Gasteiger partial charge on any atom is 0.312 e. The molecule has 2 atom stereocenters. The molecular weight excluding hydrogens is 733 g/mol. The van der Waals surface area contributed by atoms with E-state index in [4.69, 9.17) is 29.8 Å². The van der Waals surface area contributed by atoms with E-state index in [1.54, 1.807) is 0 Å². The molecule has 58 heavy (non-hydrogen) atoms. The van der Waals surface area contributed by atoms with Crippen LogP contribution in [0.15, 0.2) is 36.4 Å².